The molecule has 2 aromatic rings. The van der Waals surface area contributed by atoms with Crippen molar-refractivity contribution in [3.05, 3.63) is 65.2 Å². The number of carbonyl (C=O) groups is 1. The normalized spacial score (nSPS) is 15.7. The Morgan fingerprint density at radius 2 is 1.68 bits per heavy atom. The van der Waals surface area contributed by atoms with Gasteiger partial charge in [0.2, 0.25) is 0 Å². The van der Waals surface area contributed by atoms with E-state index in [2.05, 4.69) is 4.90 Å². The molecule has 1 amide bonds. The molecule has 2 aromatic carbocycles. The van der Waals surface area contributed by atoms with Gasteiger partial charge in [0.05, 0.1) is 19.1 Å². The lowest BCUT2D eigenvalue weighted by atomic mass is 9.89. The summed E-state index contributed by atoms with van der Waals surface area (Å²) < 4.78 is 33.6. The fraction of sp³-hybridized carbons (Fsp3) is 0.278. The second-order valence-electron chi connectivity index (χ2n) is 5.74. The number of halogens is 2. The number of hydroxylamine groups is 1. The topological polar surface area (TPSA) is 61.8 Å². The summed E-state index contributed by atoms with van der Waals surface area (Å²) in [5, 5.41) is 9.00. The molecule has 1 fully saturated rings. The highest BCUT2D eigenvalue weighted by atomic mass is 19.1. The largest absolute Gasteiger partial charge is 0.378 e. The van der Waals surface area contributed by atoms with E-state index in [0.717, 1.165) is 30.9 Å². The molecule has 3 rings (SSSR count). The number of nitrogens with one attached hydrogen (secondary N) is 1. The maximum atomic E-state index is 14.1. The molecule has 1 aliphatic rings. The Kier molecular flexibility index (Phi) is 5.25. The fourth-order valence-corrected chi connectivity index (χ4v) is 3.00. The summed E-state index contributed by atoms with van der Waals surface area (Å²) in [6.45, 7) is 2.78. The van der Waals surface area contributed by atoms with Gasteiger partial charge in [0.15, 0.2) is 0 Å². The number of benzene rings is 2. The molecule has 5 nitrogen and oxygen atoms in total. The van der Waals surface area contributed by atoms with Crippen LogP contribution in [0.2, 0.25) is 0 Å². The number of hydrogen-bond donors (Lipinski definition) is 2. The van der Waals surface area contributed by atoms with E-state index in [1.807, 2.05) is 0 Å². The summed E-state index contributed by atoms with van der Waals surface area (Å²) in [7, 11) is 0. The molecule has 1 unspecified atom stereocenters. The standard InChI is InChI=1S/C18H18F2N2O3/c19-14-2-1-3-15(20)17(14)16(18(23)21-24)12-4-6-13(7-5-12)22-8-10-25-11-9-22/h1-7,16,24H,8-11H2,(H,21,23). The molecule has 25 heavy (non-hydrogen) atoms. The molecule has 1 heterocycles. The van der Waals surface area contributed by atoms with Crippen LogP contribution in [0.15, 0.2) is 42.5 Å². The third-order valence-electron chi connectivity index (χ3n) is 4.26. The van der Waals surface area contributed by atoms with Crippen molar-refractivity contribution in [2.24, 2.45) is 0 Å². The van der Waals surface area contributed by atoms with Crippen LogP contribution >= 0.6 is 0 Å². The molecule has 0 saturated carbocycles. The van der Waals surface area contributed by atoms with Crippen molar-refractivity contribution in [1.82, 2.24) is 5.48 Å². The van der Waals surface area contributed by atoms with Gasteiger partial charge in [-0.25, -0.2) is 14.3 Å². The SMILES string of the molecule is O=C(NO)C(c1ccc(N2CCOCC2)cc1)c1c(F)cccc1F. The van der Waals surface area contributed by atoms with E-state index in [-0.39, 0.29) is 0 Å². The molecule has 0 spiro atoms. The van der Waals surface area contributed by atoms with Crippen LogP contribution in [-0.4, -0.2) is 37.4 Å². The lowest BCUT2D eigenvalue weighted by Gasteiger charge is -2.29. The zero-order valence-corrected chi connectivity index (χ0v) is 13.4. The van der Waals surface area contributed by atoms with E-state index in [1.54, 1.807) is 24.3 Å². The third-order valence-corrected chi connectivity index (χ3v) is 4.26. The van der Waals surface area contributed by atoms with Gasteiger partial charge < -0.3 is 9.64 Å². The minimum atomic E-state index is -1.29. The number of ether oxygens (including phenoxy) is 1. The number of rotatable bonds is 4. The molecule has 1 atom stereocenters. The first-order valence-electron chi connectivity index (χ1n) is 7.92. The highest BCUT2D eigenvalue weighted by Gasteiger charge is 2.28. The first-order valence-corrected chi connectivity index (χ1v) is 7.92. The van der Waals surface area contributed by atoms with Gasteiger partial charge >= 0.3 is 0 Å². The van der Waals surface area contributed by atoms with Gasteiger partial charge in [-0.15, -0.1) is 0 Å². The highest BCUT2D eigenvalue weighted by Crippen LogP contribution is 2.30. The first kappa shape index (κ1) is 17.3. The Labute approximate surface area is 143 Å². The summed E-state index contributed by atoms with van der Waals surface area (Å²) >= 11 is 0. The molecule has 132 valence electrons. The van der Waals surface area contributed by atoms with Crippen LogP contribution in [0.1, 0.15) is 17.0 Å². The minimum Gasteiger partial charge on any atom is -0.378 e. The maximum Gasteiger partial charge on any atom is 0.255 e. The number of hydrogen-bond acceptors (Lipinski definition) is 4. The smallest absolute Gasteiger partial charge is 0.255 e. The predicted octanol–water partition coefficient (Wildman–Crippen LogP) is 2.44. The lowest BCUT2D eigenvalue weighted by molar-refractivity contribution is -0.129. The second kappa shape index (κ2) is 7.58. The average molecular weight is 348 g/mol. The quantitative estimate of drug-likeness (QED) is 0.658. The van der Waals surface area contributed by atoms with Crippen molar-refractivity contribution in [2.75, 3.05) is 31.2 Å². The number of carbonyl (C=O) groups excluding carboxylic acids is 1. The lowest BCUT2D eigenvalue weighted by Crippen LogP contribution is -2.36. The molecule has 1 aliphatic heterocycles. The van der Waals surface area contributed by atoms with Gasteiger partial charge in [0, 0.05) is 24.3 Å². The number of anilines is 1. The van der Waals surface area contributed by atoms with Crippen LogP contribution in [0.4, 0.5) is 14.5 Å². The van der Waals surface area contributed by atoms with Crippen LogP contribution < -0.4 is 10.4 Å². The number of morpholine rings is 1. The minimum absolute atomic E-state index is 0.382. The summed E-state index contributed by atoms with van der Waals surface area (Å²) in [5.74, 6) is -3.87. The Bertz CT molecular complexity index is 726. The number of nitrogens with zero attached hydrogens (tertiary/aromatic N) is 1. The third kappa shape index (κ3) is 3.62. The van der Waals surface area contributed by atoms with Gasteiger partial charge in [0.1, 0.15) is 11.6 Å². The maximum absolute atomic E-state index is 14.1. The van der Waals surface area contributed by atoms with Crippen molar-refractivity contribution >= 4 is 11.6 Å². The van der Waals surface area contributed by atoms with Gasteiger partial charge in [-0.05, 0) is 29.8 Å². The Morgan fingerprint density at radius 3 is 2.24 bits per heavy atom. The predicted molar refractivity (Wildman–Crippen MR) is 87.6 cm³/mol. The summed E-state index contributed by atoms with van der Waals surface area (Å²) in [6, 6.07) is 10.2. The van der Waals surface area contributed by atoms with Gasteiger partial charge in [-0.3, -0.25) is 10.0 Å². The molecule has 0 aromatic heterocycles. The highest BCUT2D eigenvalue weighted by molar-refractivity contribution is 5.86. The summed E-state index contributed by atoms with van der Waals surface area (Å²) in [6.07, 6.45) is 0. The molecule has 0 aliphatic carbocycles. The van der Waals surface area contributed by atoms with Crippen molar-refractivity contribution in [3.8, 4) is 0 Å². The molecule has 0 radical (unpaired) electrons. The van der Waals surface area contributed by atoms with Gasteiger partial charge in [-0.2, -0.15) is 0 Å². The molecular formula is C18H18F2N2O3. The molecule has 0 bridgehead atoms. The van der Waals surface area contributed by atoms with E-state index in [9.17, 15) is 13.6 Å². The fourth-order valence-electron chi connectivity index (χ4n) is 3.00. The second-order valence-corrected chi connectivity index (χ2v) is 5.74. The van der Waals surface area contributed by atoms with E-state index in [4.69, 9.17) is 9.94 Å². The van der Waals surface area contributed by atoms with Crippen molar-refractivity contribution in [2.45, 2.75) is 5.92 Å². The van der Waals surface area contributed by atoms with Crippen molar-refractivity contribution in [3.63, 3.8) is 0 Å². The van der Waals surface area contributed by atoms with E-state index >= 15 is 0 Å². The Balaban J connectivity index is 1.95. The van der Waals surface area contributed by atoms with E-state index in [0.29, 0.717) is 18.8 Å². The first-order chi connectivity index (χ1) is 12.1. The van der Waals surface area contributed by atoms with Crippen LogP contribution in [0, 0.1) is 11.6 Å². The molecule has 7 heteroatoms. The monoisotopic (exact) mass is 348 g/mol. The van der Waals surface area contributed by atoms with Crippen LogP contribution in [0.5, 0.6) is 0 Å². The van der Waals surface area contributed by atoms with E-state index in [1.165, 1.54) is 11.5 Å². The molecule has 1 saturated heterocycles. The van der Waals surface area contributed by atoms with Crippen LogP contribution in [0.3, 0.4) is 0 Å². The van der Waals surface area contributed by atoms with Crippen LogP contribution in [0.25, 0.3) is 0 Å². The Morgan fingerprint density at radius 1 is 1.08 bits per heavy atom. The van der Waals surface area contributed by atoms with Crippen molar-refractivity contribution in [1.29, 1.82) is 0 Å². The average Bonchev–Trinajstić information content (AvgIpc) is 2.65. The zero-order chi connectivity index (χ0) is 17.8. The van der Waals surface area contributed by atoms with E-state index < -0.39 is 29.0 Å². The Hall–Kier alpha value is -2.51. The summed E-state index contributed by atoms with van der Waals surface area (Å²) in [5.41, 5.74) is 2.42. The molecule has 2 N–H and O–H groups in total. The summed E-state index contributed by atoms with van der Waals surface area (Å²) in [4.78, 5) is 14.2. The number of amides is 1. The van der Waals surface area contributed by atoms with Gasteiger partial charge in [-0.1, -0.05) is 18.2 Å². The molecular weight excluding hydrogens is 330 g/mol. The van der Waals surface area contributed by atoms with Gasteiger partial charge in [0.25, 0.3) is 5.91 Å². The zero-order valence-electron chi connectivity index (χ0n) is 13.4. The van der Waals surface area contributed by atoms with Crippen LogP contribution in [-0.2, 0) is 9.53 Å². The van der Waals surface area contributed by atoms with Crippen molar-refractivity contribution < 1.29 is 23.5 Å².